The van der Waals surface area contributed by atoms with Gasteiger partial charge in [0.1, 0.15) is 11.6 Å². The van der Waals surface area contributed by atoms with Crippen LogP contribution in [0.2, 0.25) is 10.0 Å². The predicted molar refractivity (Wildman–Crippen MR) is 142 cm³/mol. The Morgan fingerprint density at radius 1 is 1.18 bits per heavy atom. The van der Waals surface area contributed by atoms with Gasteiger partial charge in [0, 0.05) is 30.6 Å². The lowest BCUT2D eigenvalue weighted by molar-refractivity contribution is -0.139. The van der Waals surface area contributed by atoms with Gasteiger partial charge in [-0.25, -0.2) is 17.9 Å². The number of hydrogen-bond acceptors (Lipinski definition) is 6. The number of nitrogens with zero attached hydrogens (tertiary/aromatic N) is 1. The van der Waals surface area contributed by atoms with Crippen LogP contribution in [0.1, 0.15) is 44.7 Å². The minimum absolute atomic E-state index is 0.00929. The standard InChI is InChI=1S/C25H25Cl2N3O7S/c1-38(35,36)28-8-2-3-19(25(33)34)29-23(31)21-18(26)11-16-13-30(9-6-17(16)22(21)27)24(32)15-5-4-14-7-10-37-20(14)12-15/h4-5,7,10-12,19,28H,2-3,6,8-9,13H2,1H3,(H,29,31)(H,33,34)/t19-/m0/s1. The Morgan fingerprint density at radius 2 is 1.95 bits per heavy atom. The second-order valence-corrected chi connectivity index (χ2v) is 11.6. The molecule has 0 fully saturated rings. The predicted octanol–water partition coefficient (Wildman–Crippen LogP) is 3.45. The lowest BCUT2D eigenvalue weighted by Crippen LogP contribution is -2.42. The topological polar surface area (TPSA) is 146 Å². The summed E-state index contributed by atoms with van der Waals surface area (Å²) in [5.41, 5.74) is 2.40. The molecule has 1 aliphatic heterocycles. The molecular weight excluding hydrogens is 557 g/mol. The van der Waals surface area contributed by atoms with Crippen molar-refractivity contribution in [3.63, 3.8) is 0 Å². The molecule has 202 valence electrons. The van der Waals surface area contributed by atoms with Gasteiger partial charge in [-0.05, 0) is 54.7 Å². The maximum atomic E-state index is 13.1. The maximum Gasteiger partial charge on any atom is 0.326 e. The fourth-order valence-corrected chi connectivity index (χ4v) is 5.63. The van der Waals surface area contributed by atoms with E-state index < -0.39 is 27.9 Å². The zero-order chi connectivity index (χ0) is 27.6. The highest BCUT2D eigenvalue weighted by Crippen LogP contribution is 2.35. The number of carboxylic acids is 1. The molecule has 1 atom stereocenters. The van der Waals surface area contributed by atoms with Crippen molar-refractivity contribution in [3.8, 4) is 0 Å². The molecule has 0 spiro atoms. The summed E-state index contributed by atoms with van der Waals surface area (Å²) in [7, 11) is -3.41. The van der Waals surface area contributed by atoms with Gasteiger partial charge < -0.3 is 19.7 Å². The van der Waals surface area contributed by atoms with Crippen molar-refractivity contribution in [2.75, 3.05) is 19.3 Å². The molecule has 0 aliphatic carbocycles. The van der Waals surface area contributed by atoms with Crippen molar-refractivity contribution in [3.05, 3.63) is 68.9 Å². The number of amides is 2. The SMILES string of the molecule is CS(=O)(=O)NCCC[C@H](NC(=O)c1c(Cl)cc2c(c1Cl)CCN(C(=O)c1ccc3ccoc3c1)C2)C(=O)O. The molecule has 13 heteroatoms. The highest BCUT2D eigenvalue weighted by molar-refractivity contribution is 7.88. The van der Waals surface area contributed by atoms with Crippen LogP contribution in [0.3, 0.4) is 0 Å². The van der Waals surface area contributed by atoms with Gasteiger partial charge in [-0.3, -0.25) is 9.59 Å². The summed E-state index contributed by atoms with van der Waals surface area (Å²) in [5, 5.41) is 13.0. The van der Waals surface area contributed by atoms with Gasteiger partial charge >= 0.3 is 5.97 Å². The summed E-state index contributed by atoms with van der Waals surface area (Å²) in [4.78, 5) is 39.4. The Kier molecular flexibility index (Phi) is 8.31. The quantitative estimate of drug-likeness (QED) is 0.328. The van der Waals surface area contributed by atoms with E-state index in [1.807, 2.05) is 12.1 Å². The lowest BCUT2D eigenvalue weighted by atomic mass is 9.95. The number of carboxylic acid groups (broad SMARTS) is 1. The molecule has 2 amide bonds. The molecular formula is C25H25Cl2N3O7S. The van der Waals surface area contributed by atoms with E-state index in [0.29, 0.717) is 35.2 Å². The van der Waals surface area contributed by atoms with E-state index in [9.17, 15) is 27.9 Å². The molecule has 10 nitrogen and oxygen atoms in total. The van der Waals surface area contributed by atoms with E-state index in [2.05, 4.69) is 10.0 Å². The van der Waals surface area contributed by atoms with Gasteiger partial charge in [0.25, 0.3) is 11.8 Å². The highest BCUT2D eigenvalue weighted by atomic mass is 35.5. The fraction of sp³-hybridized carbons (Fsp3) is 0.320. The van der Waals surface area contributed by atoms with Crippen LogP contribution in [0.25, 0.3) is 11.0 Å². The monoisotopic (exact) mass is 581 g/mol. The van der Waals surface area contributed by atoms with E-state index in [4.69, 9.17) is 27.6 Å². The number of carbonyl (C=O) groups excluding carboxylic acids is 2. The zero-order valence-electron chi connectivity index (χ0n) is 20.3. The third kappa shape index (κ3) is 6.29. The molecule has 0 saturated carbocycles. The van der Waals surface area contributed by atoms with Gasteiger partial charge in [-0.2, -0.15) is 0 Å². The van der Waals surface area contributed by atoms with Crippen molar-refractivity contribution >= 4 is 62.0 Å². The molecule has 4 rings (SSSR count). The maximum absolute atomic E-state index is 13.1. The van der Waals surface area contributed by atoms with Gasteiger partial charge in [0.15, 0.2) is 0 Å². The largest absolute Gasteiger partial charge is 0.480 e. The number of fused-ring (bicyclic) bond motifs is 2. The van der Waals surface area contributed by atoms with Crippen LogP contribution in [0, 0.1) is 0 Å². The first-order valence-corrected chi connectivity index (χ1v) is 14.3. The third-order valence-electron chi connectivity index (χ3n) is 6.26. The van der Waals surface area contributed by atoms with Gasteiger partial charge in [0.2, 0.25) is 10.0 Å². The molecule has 3 N–H and O–H groups in total. The van der Waals surface area contributed by atoms with Gasteiger partial charge in [-0.1, -0.05) is 29.3 Å². The van der Waals surface area contributed by atoms with Crippen LogP contribution < -0.4 is 10.0 Å². The fourth-order valence-electron chi connectivity index (χ4n) is 4.36. The Labute approximate surface area is 228 Å². The summed E-state index contributed by atoms with van der Waals surface area (Å²) in [6.07, 6.45) is 3.11. The first-order valence-electron chi connectivity index (χ1n) is 11.7. The van der Waals surface area contributed by atoms with Crippen LogP contribution >= 0.6 is 23.2 Å². The molecule has 1 aliphatic rings. The summed E-state index contributed by atoms with van der Waals surface area (Å²) in [6.45, 7) is 0.621. The second kappa shape index (κ2) is 11.3. The van der Waals surface area contributed by atoms with Crippen LogP contribution in [0.4, 0.5) is 0 Å². The summed E-state index contributed by atoms with van der Waals surface area (Å²) in [5.74, 6) is -2.21. The van der Waals surface area contributed by atoms with E-state index in [1.54, 1.807) is 29.4 Å². The first-order chi connectivity index (χ1) is 17.9. The molecule has 0 bridgehead atoms. The average Bonchev–Trinajstić information content (AvgIpc) is 3.32. The Morgan fingerprint density at radius 3 is 2.66 bits per heavy atom. The Balaban J connectivity index is 1.47. The summed E-state index contributed by atoms with van der Waals surface area (Å²) >= 11 is 13.0. The van der Waals surface area contributed by atoms with Crippen LogP contribution in [-0.4, -0.2) is 61.6 Å². The molecule has 38 heavy (non-hydrogen) atoms. The molecule has 0 saturated heterocycles. The van der Waals surface area contributed by atoms with E-state index in [-0.39, 0.29) is 47.4 Å². The van der Waals surface area contributed by atoms with Crippen molar-refractivity contribution in [2.45, 2.75) is 31.8 Å². The molecule has 0 unspecified atom stereocenters. The Hall–Kier alpha value is -3.12. The zero-order valence-corrected chi connectivity index (χ0v) is 22.6. The van der Waals surface area contributed by atoms with E-state index >= 15 is 0 Å². The van der Waals surface area contributed by atoms with Crippen molar-refractivity contribution < 1.29 is 32.3 Å². The Bertz CT molecular complexity index is 1520. The lowest BCUT2D eigenvalue weighted by Gasteiger charge is -2.30. The van der Waals surface area contributed by atoms with Crippen molar-refractivity contribution in [1.29, 1.82) is 0 Å². The number of aliphatic carboxylic acids is 1. The molecule has 0 radical (unpaired) electrons. The molecule has 3 aromatic rings. The summed E-state index contributed by atoms with van der Waals surface area (Å²) in [6, 6.07) is 7.35. The number of carbonyl (C=O) groups is 3. The van der Waals surface area contributed by atoms with Crippen molar-refractivity contribution in [2.24, 2.45) is 0 Å². The number of furan rings is 1. The molecule has 2 heterocycles. The third-order valence-corrected chi connectivity index (χ3v) is 7.70. The number of nitrogens with one attached hydrogen (secondary N) is 2. The molecule has 1 aromatic heterocycles. The normalized spacial score (nSPS) is 14.2. The number of sulfonamides is 1. The van der Waals surface area contributed by atoms with Crippen LogP contribution in [0.15, 0.2) is 41.0 Å². The average molecular weight is 582 g/mol. The van der Waals surface area contributed by atoms with Gasteiger partial charge in [-0.15, -0.1) is 0 Å². The number of halogens is 2. The number of benzene rings is 2. The van der Waals surface area contributed by atoms with Crippen LogP contribution in [0.5, 0.6) is 0 Å². The van der Waals surface area contributed by atoms with Crippen molar-refractivity contribution in [1.82, 2.24) is 14.9 Å². The number of rotatable bonds is 9. The molecule has 2 aromatic carbocycles. The number of hydrogen-bond donors (Lipinski definition) is 3. The van der Waals surface area contributed by atoms with Gasteiger partial charge in [0.05, 0.1) is 28.1 Å². The second-order valence-electron chi connectivity index (χ2n) is 9.01. The highest BCUT2D eigenvalue weighted by Gasteiger charge is 2.29. The van der Waals surface area contributed by atoms with E-state index in [1.165, 1.54) is 0 Å². The van der Waals surface area contributed by atoms with E-state index in [0.717, 1.165) is 11.6 Å². The minimum Gasteiger partial charge on any atom is -0.480 e. The summed E-state index contributed by atoms with van der Waals surface area (Å²) < 4.78 is 30.0. The first kappa shape index (κ1) is 27.9. The minimum atomic E-state index is -3.41. The van der Waals surface area contributed by atoms with Crippen LogP contribution in [-0.2, 0) is 27.8 Å². The smallest absolute Gasteiger partial charge is 0.326 e.